The number of nitrogens with one attached hydrogen (secondary N) is 1. The Morgan fingerprint density at radius 2 is 2.07 bits per heavy atom. The first-order valence-electron chi connectivity index (χ1n) is 10.2. The smallest absolute Gasteiger partial charge is 0.213 e. The average molecular weight is 400 g/mol. The Kier molecular flexibility index (Phi) is 4.93. The van der Waals surface area contributed by atoms with Crippen LogP contribution in [-0.4, -0.2) is 26.1 Å². The normalized spacial score (nSPS) is 15.7. The van der Waals surface area contributed by atoms with Gasteiger partial charge in [-0.15, -0.1) is 0 Å². The van der Waals surface area contributed by atoms with E-state index in [4.69, 9.17) is 10.5 Å². The summed E-state index contributed by atoms with van der Waals surface area (Å²) >= 11 is 0. The number of nitrogens with zero attached hydrogens (tertiary/aromatic N) is 4. The summed E-state index contributed by atoms with van der Waals surface area (Å²) in [6, 6.07) is 12.0. The van der Waals surface area contributed by atoms with Gasteiger partial charge in [0.15, 0.2) is 0 Å². The van der Waals surface area contributed by atoms with E-state index in [1.165, 1.54) is 0 Å². The monoisotopic (exact) mass is 400 g/mol. The summed E-state index contributed by atoms with van der Waals surface area (Å²) in [7, 11) is 0. The van der Waals surface area contributed by atoms with Crippen LogP contribution in [0.25, 0.3) is 10.8 Å². The lowest BCUT2D eigenvalue weighted by molar-refractivity contribution is 0.212. The Labute approximate surface area is 174 Å². The van der Waals surface area contributed by atoms with Crippen LogP contribution < -0.4 is 15.8 Å². The molecule has 0 fully saturated rings. The number of nitrogens with two attached hydrogens (primary N) is 1. The van der Waals surface area contributed by atoms with Crippen molar-refractivity contribution < 1.29 is 4.74 Å². The summed E-state index contributed by atoms with van der Waals surface area (Å²) in [5.41, 5.74) is 8.04. The molecule has 3 aromatic heterocycles. The van der Waals surface area contributed by atoms with Crippen LogP contribution in [0.3, 0.4) is 0 Å². The molecule has 1 aliphatic heterocycles. The van der Waals surface area contributed by atoms with E-state index >= 15 is 0 Å². The molecular formula is C23H24N6O. The van der Waals surface area contributed by atoms with Crippen LogP contribution in [0, 0.1) is 5.92 Å². The van der Waals surface area contributed by atoms with Crippen LogP contribution in [0.1, 0.15) is 17.8 Å². The van der Waals surface area contributed by atoms with Gasteiger partial charge in [-0.25, -0.2) is 15.0 Å². The SMILES string of the molecule is Nc1nccc2cc(NCc3ccc(OCC4CCn5ccnc5C4)nc3)ccc12. The summed E-state index contributed by atoms with van der Waals surface area (Å²) in [6.45, 7) is 2.37. The van der Waals surface area contributed by atoms with Crippen LogP contribution in [0.15, 0.2) is 61.2 Å². The van der Waals surface area contributed by atoms with Crippen molar-refractivity contribution >= 4 is 22.3 Å². The second-order valence-electron chi connectivity index (χ2n) is 7.70. The lowest BCUT2D eigenvalue weighted by atomic mass is 9.99. The molecule has 1 aliphatic rings. The van der Waals surface area contributed by atoms with Crippen LogP contribution in [0.4, 0.5) is 11.5 Å². The van der Waals surface area contributed by atoms with Crippen molar-refractivity contribution in [3.63, 3.8) is 0 Å². The fourth-order valence-electron chi connectivity index (χ4n) is 3.88. The molecule has 0 amide bonds. The number of anilines is 2. The maximum absolute atomic E-state index is 5.93. The molecule has 7 nitrogen and oxygen atoms in total. The van der Waals surface area contributed by atoms with Gasteiger partial charge in [0.2, 0.25) is 5.88 Å². The number of hydrogen-bond donors (Lipinski definition) is 2. The van der Waals surface area contributed by atoms with E-state index in [0.717, 1.165) is 47.2 Å². The lowest BCUT2D eigenvalue weighted by Gasteiger charge is -2.23. The molecule has 0 bridgehead atoms. The van der Waals surface area contributed by atoms with Crippen molar-refractivity contribution in [2.24, 2.45) is 5.92 Å². The second kappa shape index (κ2) is 8.02. The number of nitrogen functional groups attached to an aromatic ring is 1. The van der Waals surface area contributed by atoms with E-state index in [1.54, 1.807) is 6.20 Å². The van der Waals surface area contributed by atoms with Crippen LogP contribution in [0.5, 0.6) is 5.88 Å². The van der Waals surface area contributed by atoms with Gasteiger partial charge in [-0.2, -0.15) is 0 Å². The molecule has 1 aromatic carbocycles. The highest BCUT2D eigenvalue weighted by Crippen LogP contribution is 2.23. The molecule has 0 saturated heterocycles. The van der Waals surface area contributed by atoms with Crippen LogP contribution in [0.2, 0.25) is 0 Å². The first-order valence-corrected chi connectivity index (χ1v) is 10.2. The highest BCUT2D eigenvalue weighted by Gasteiger charge is 2.19. The van der Waals surface area contributed by atoms with Gasteiger partial charge in [-0.1, -0.05) is 6.07 Å². The molecule has 0 saturated carbocycles. The molecule has 1 atom stereocenters. The van der Waals surface area contributed by atoms with Crippen molar-refractivity contribution in [2.75, 3.05) is 17.7 Å². The predicted molar refractivity (Wildman–Crippen MR) is 117 cm³/mol. The zero-order chi connectivity index (χ0) is 20.3. The molecule has 1 unspecified atom stereocenters. The largest absolute Gasteiger partial charge is 0.477 e. The minimum absolute atomic E-state index is 0.486. The molecule has 0 spiro atoms. The third-order valence-corrected chi connectivity index (χ3v) is 5.61. The van der Waals surface area contributed by atoms with Crippen molar-refractivity contribution in [1.29, 1.82) is 0 Å². The van der Waals surface area contributed by atoms with Crippen molar-refractivity contribution in [3.05, 3.63) is 72.6 Å². The third kappa shape index (κ3) is 3.91. The van der Waals surface area contributed by atoms with E-state index in [2.05, 4.69) is 30.9 Å². The number of hydrogen-bond acceptors (Lipinski definition) is 6. The number of rotatable bonds is 6. The molecule has 4 heterocycles. The number of aromatic nitrogens is 4. The van der Waals surface area contributed by atoms with Gasteiger partial charge in [-0.3, -0.25) is 0 Å². The van der Waals surface area contributed by atoms with E-state index in [-0.39, 0.29) is 0 Å². The van der Waals surface area contributed by atoms with Gasteiger partial charge >= 0.3 is 0 Å². The lowest BCUT2D eigenvalue weighted by Crippen LogP contribution is -2.24. The number of fused-ring (bicyclic) bond motifs is 2. The Bertz CT molecular complexity index is 1150. The fraction of sp³-hybridized carbons (Fsp3) is 0.261. The summed E-state index contributed by atoms with van der Waals surface area (Å²) in [5.74, 6) is 2.86. The van der Waals surface area contributed by atoms with Gasteiger partial charge in [0, 0.05) is 67.4 Å². The molecular weight excluding hydrogens is 376 g/mol. The van der Waals surface area contributed by atoms with E-state index in [1.807, 2.05) is 48.9 Å². The van der Waals surface area contributed by atoms with Crippen molar-refractivity contribution in [2.45, 2.75) is 25.9 Å². The minimum Gasteiger partial charge on any atom is -0.477 e. The molecule has 7 heteroatoms. The molecule has 3 N–H and O–H groups in total. The second-order valence-corrected chi connectivity index (χ2v) is 7.70. The summed E-state index contributed by atoms with van der Waals surface area (Å²) in [4.78, 5) is 13.0. The molecule has 4 aromatic rings. The maximum atomic E-state index is 5.93. The molecule has 30 heavy (non-hydrogen) atoms. The Balaban J connectivity index is 1.15. The summed E-state index contributed by atoms with van der Waals surface area (Å²) in [5, 5.41) is 5.47. The number of benzene rings is 1. The molecule has 0 radical (unpaired) electrons. The number of aryl methyl sites for hydroxylation is 1. The van der Waals surface area contributed by atoms with Gasteiger partial charge in [0.05, 0.1) is 6.61 Å². The fourth-order valence-corrected chi connectivity index (χ4v) is 3.88. The molecule has 152 valence electrons. The first-order chi connectivity index (χ1) is 14.7. The zero-order valence-electron chi connectivity index (χ0n) is 16.7. The quantitative estimate of drug-likeness (QED) is 0.513. The van der Waals surface area contributed by atoms with Gasteiger partial charge in [0.25, 0.3) is 0 Å². The Morgan fingerprint density at radius 1 is 1.10 bits per heavy atom. The van der Waals surface area contributed by atoms with E-state index in [9.17, 15) is 0 Å². The highest BCUT2D eigenvalue weighted by atomic mass is 16.5. The standard InChI is InChI=1S/C23H24N6O/c24-23-20-3-2-19(12-18(20)5-7-26-23)27-13-17-1-4-22(28-14-17)30-15-16-6-9-29-10-8-25-21(29)11-16/h1-5,7-8,10,12,14,16,27H,6,9,11,13,15H2,(H2,24,26). The molecule has 5 rings (SSSR count). The topological polar surface area (TPSA) is 90.9 Å². The highest BCUT2D eigenvalue weighted by molar-refractivity contribution is 5.92. The Hall–Kier alpha value is -3.61. The van der Waals surface area contributed by atoms with Crippen molar-refractivity contribution in [3.8, 4) is 5.88 Å². The average Bonchev–Trinajstić information content (AvgIpc) is 3.25. The van der Waals surface area contributed by atoms with Gasteiger partial charge in [-0.05, 0) is 41.6 Å². The zero-order valence-corrected chi connectivity index (χ0v) is 16.7. The van der Waals surface area contributed by atoms with Gasteiger partial charge < -0.3 is 20.4 Å². The van der Waals surface area contributed by atoms with E-state index in [0.29, 0.717) is 30.8 Å². The summed E-state index contributed by atoms with van der Waals surface area (Å²) < 4.78 is 8.15. The maximum Gasteiger partial charge on any atom is 0.213 e. The van der Waals surface area contributed by atoms with Crippen LogP contribution >= 0.6 is 0 Å². The van der Waals surface area contributed by atoms with Gasteiger partial charge in [0.1, 0.15) is 11.6 Å². The van der Waals surface area contributed by atoms with E-state index < -0.39 is 0 Å². The Morgan fingerprint density at radius 3 is 2.97 bits per heavy atom. The summed E-state index contributed by atoms with van der Waals surface area (Å²) in [6.07, 6.45) is 9.58. The van der Waals surface area contributed by atoms with Crippen molar-refractivity contribution in [1.82, 2.24) is 19.5 Å². The third-order valence-electron chi connectivity index (χ3n) is 5.61. The number of imidazole rings is 1. The minimum atomic E-state index is 0.486. The first kappa shape index (κ1) is 18.4. The molecule has 0 aliphatic carbocycles. The van der Waals surface area contributed by atoms with Crippen LogP contribution in [-0.2, 0) is 19.5 Å². The number of pyridine rings is 2. The number of ether oxygens (including phenoxy) is 1. The predicted octanol–water partition coefficient (Wildman–Crippen LogP) is 3.66.